The molecule has 1 saturated heterocycles. The third-order valence-electron chi connectivity index (χ3n) is 6.87. The fourth-order valence-electron chi connectivity index (χ4n) is 5.06. The normalized spacial score (nSPS) is 17.6. The fourth-order valence-corrected chi connectivity index (χ4v) is 5.06. The first-order valence-corrected chi connectivity index (χ1v) is 11.8. The quantitative estimate of drug-likeness (QED) is 0.564. The van der Waals surface area contributed by atoms with Crippen LogP contribution < -0.4 is 19.3 Å². The molecular weight excluding hydrogens is 400 g/mol. The number of ether oxygens (including phenoxy) is 2. The lowest BCUT2D eigenvalue weighted by molar-refractivity contribution is 0.355. The summed E-state index contributed by atoms with van der Waals surface area (Å²) < 4.78 is 11.2. The van der Waals surface area contributed by atoms with E-state index in [-0.39, 0.29) is 0 Å². The van der Waals surface area contributed by atoms with Gasteiger partial charge < -0.3 is 19.3 Å². The predicted molar refractivity (Wildman–Crippen MR) is 129 cm³/mol. The lowest BCUT2D eigenvalue weighted by Crippen LogP contribution is -2.47. The van der Waals surface area contributed by atoms with Crippen molar-refractivity contribution in [3.8, 4) is 11.5 Å². The Kier molecular flexibility index (Phi) is 6.02. The summed E-state index contributed by atoms with van der Waals surface area (Å²) in [4.78, 5) is 15.1. The van der Waals surface area contributed by atoms with Gasteiger partial charge in [-0.05, 0) is 31.0 Å². The van der Waals surface area contributed by atoms with Crippen LogP contribution in [0.25, 0.3) is 10.9 Å². The first-order valence-electron chi connectivity index (χ1n) is 11.8. The largest absolute Gasteiger partial charge is 0.493 e. The fraction of sp³-hybridized carbons (Fsp3) is 0.462. The standard InChI is InChI=1S/C26H32N4O2/c1-31-23-17-21-22(18-24(23)32-2)27-25(19-9-5-3-6-10-19)28-26(21)30-15-13-29(14-16-30)20-11-7-4-8-12-20/h4,7-8,11-12,17-19H,3,5-6,9-10,13-16H2,1-2H3. The molecule has 0 bridgehead atoms. The van der Waals surface area contributed by atoms with E-state index in [0.717, 1.165) is 54.5 Å². The summed E-state index contributed by atoms with van der Waals surface area (Å²) in [5, 5.41) is 1.04. The first kappa shape index (κ1) is 20.9. The molecule has 0 radical (unpaired) electrons. The number of nitrogens with zero attached hydrogens (tertiary/aromatic N) is 4. The number of anilines is 2. The monoisotopic (exact) mass is 432 g/mol. The van der Waals surface area contributed by atoms with Crippen LogP contribution in [-0.2, 0) is 0 Å². The SMILES string of the molecule is COc1cc2nc(C3CCCCC3)nc(N3CCN(c4ccccc4)CC3)c2cc1OC. The minimum Gasteiger partial charge on any atom is -0.493 e. The Morgan fingerprint density at radius 2 is 1.44 bits per heavy atom. The van der Waals surface area contributed by atoms with Crippen molar-refractivity contribution in [2.24, 2.45) is 0 Å². The van der Waals surface area contributed by atoms with E-state index in [0.29, 0.717) is 11.7 Å². The van der Waals surface area contributed by atoms with Gasteiger partial charge in [-0.15, -0.1) is 0 Å². The number of benzene rings is 2. The van der Waals surface area contributed by atoms with Gasteiger partial charge in [-0.2, -0.15) is 0 Å². The van der Waals surface area contributed by atoms with Crippen molar-refractivity contribution in [3.05, 3.63) is 48.3 Å². The number of fused-ring (bicyclic) bond motifs is 1. The molecule has 2 aliphatic rings. The van der Waals surface area contributed by atoms with E-state index in [1.165, 1.54) is 37.8 Å². The van der Waals surface area contributed by atoms with E-state index in [2.05, 4.69) is 40.1 Å². The molecule has 2 fully saturated rings. The average Bonchev–Trinajstić information content (AvgIpc) is 2.88. The molecule has 0 atom stereocenters. The van der Waals surface area contributed by atoms with Crippen LogP contribution in [0.3, 0.4) is 0 Å². The van der Waals surface area contributed by atoms with Crippen LogP contribution in [0.2, 0.25) is 0 Å². The van der Waals surface area contributed by atoms with Gasteiger partial charge in [0, 0.05) is 49.2 Å². The topological polar surface area (TPSA) is 50.7 Å². The number of methoxy groups -OCH3 is 2. The molecule has 0 amide bonds. The number of aromatic nitrogens is 2. The summed E-state index contributed by atoms with van der Waals surface area (Å²) in [5.41, 5.74) is 2.23. The highest BCUT2D eigenvalue weighted by atomic mass is 16.5. The van der Waals surface area contributed by atoms with Crippen LogP contribution in [-0.4, -0.2) is 50.4 Å². The zero-order chi connectivity index (χ0) is 21.9. The van der Waals surface area contributed by atoms with Crippen LogP contribution in [0, 0.1) is 0 Å². The molecule has 5 rings (SSSR count). The molecule has 0 N–H and O–H groups in total. The highest BCUT2D eigenvalue weighted by molar-refractivity contribution is 5.92. The van der Waals surface area contributed by atoms with E-state index >= 15 is 0 Å². The maximum absolute atomic E-state index is 5.60. The Labute approximate surface area is 190 Å². The van der Waals surface area contributed by atoms with Crippen LogP contribution in [0.1, 0.15) is 43.8 Å². The second-order valence-corrected chi connectivity index (χ2v) is 8.77. The molecule has 1 aliphatic carbocycles. The molecule has 32 heavy (non-hydrogen) atoms. The van der Waals surface area contributed by atoms with Gasteiger partial charge in [0.15, 0.2) is 11.5 Å². The molecule has 0 spiro atoms. The lowest BCUT2D eigenvalue weighted by atomic mass is 9.88. The van der Waals surface area contributed by atoms with Gasteiger partial charge in [0.05, 0.1) is 19.7 Å². The molecule has 1 aromatic heterocycles. The minimum absolute atomic E-state index is 0.450. The van der Waals surface area contributed by atoms with Gasteiger partial charge in [0.25, 0.3) is 0 Å². The van der Waals surface area contributed by atoms with E-state index in [9.17, 15) is 0 Å². The average molecular weight is 433 g/mol. The summed E-state index contributed by atoms with van der Waals surface area (Å²) in [7, 11) is 3.36. The van der Waals surface area contributed by atoms with Crippen molar-refractivity contribution < 1.29 is 9.47 Å². The highest BCUT2D eigenvalue weighted by Crippen LogP contribution is 2.38. The molecule has 3 aromatic rings. The molecular formula is C26H32N4O2. The Balaban J connectivity index is 1.51. The zero-order valence-electron chi connectivity index (χ0n) is 19.1. The van der Waals surface area contributed by atoms with Crippen LogP contribution in [0.15, 0.2) is 42.5 Å². The minimum atomic E-state index is 0.450. The molecule has 0 unspecified atom stereocenters. The van der Waals surface area contributed by atoms with Crippen molar-refractivity contribution in [2.75, 3.05) is 50.2 Å². The van der Waals surface area contributed by atoms with Gasteiger partial charge in [-0.3, -0.25) is 0 Å². The Morgan fingerprint density at radius 1 is 0.781 bits per heavy atom. The van der Waals surface area contributed by atoms with Crippen molar-refractivity contribution in [3.63, 3.8) is 0 Å². The Hall–Kier alpha value is -3.02. The summed E-state index contributed by atoms with van der Waals surface area (Å²) in [5.74, 6) is 3.91. The highest BCUT2D eigenvalue weighted by Gasteiger charge is 2.25. The van der Waals surface area contributed by atoms with Crippen molar-refractivity contribution in [1.29, 1.82) is 0 Å². The van der Waals surface area contributed by atoms with Crippen molar-refractivity contribution >= 4 is 22.4 Å². The summed E-state index contributed by atoms with van der Waals surface area (Å²) in [6.07, 6.45) is 6.22. The Bertz CT molecular complexity index is 1060. The van der Waals surface area contributed by atoms with Crippen molar-refractivity contribution in [1.82, 2.24) is 9.97 Å². The lowest BCUT2D eigenvalue weighted by Gasteiger charge is -2.37. The van der Waals surface area contributed by atoms with Crippen LogP contribution in [0.5, 0.6) is 11.5 Å². The van der Waals surface area contributed by atoms with E-state index in [1.807, 2.05) is 12.1 Å². The van der Waals surface area contributed by atoms with Gasteiger partial charge in [-0.25, -0.2) is 9.97 Å². The summed E-state index contributed by atoms with van der Waals surface area (Å²) in [6.45, 7) is 3.81. The third-order valence-corrected chi connectivity index (χ3v) is 6.87. The molecule has 2 heterocycles. The molecule has 6 heteroatoms. The third kappa shape index (κ3) is 4.06. The number of rotatable bonds is 5. The maximum Gasteiger partial charge on any atom is 0.162 e. The molecule has 1 saturated carbocycles. The number of hydrogen-bond acceptors (Lipinski definition) is 6. The van der Waals surface area contributed by atoms with Gasteiger partial charge >= 0.3 is 0 Å². The summed E-state index contributed by atoms with van der Waals surface area (Å²) >= 11 is 0. The first-order chi connectivity index (χ1) is 15.8. The van der Waals surface area contributed by atoms with E-state index < -0.39 is 0 Å². The summed E-state index contributed by atoms with van der Waals surface area (Å²) in [6, 6.07) is 14.7. The number of para-hydroxylation sites is 1. The number of hydrogen-bond donors (Lipinski definition) is 0. The van der Waals surface area contributed by atoms with Crippen molar-refractivity contribution in [2.45, 2.75) is 38.0 Å². The number of piperazine rings is 1. The van der Waals surface area contributed by atoms with Gasteiger partial charge in [0.1, 0.15) is 11.6 Å². The van der Waals surface area contributed by atoms with Gasteiger partial charge in [-0.1, -0.05) is 37.5 Å². The van der Waals surface area contributed by atoms with E-state index in [4.69, 9.17) is 19.4 Å². The maximum atomic E-state index is 5.60. The smallest absolute Gasteiger partial charge is 0.162 e. The molecule has 1 aliphatic heterocycles. The Morgan fingerprint density at radius 3 is 2.12 bits per heavy atom. The zero-order valence-corrected chi connectivity index (χ0v) is 19.1. The van der Waals surface area contributed by atoms with Gasteiger partial charge in [0.2, 0.25) is 0 Å². The second kappa shape index (κ2) is 9.23. The predicted octanol–water partition coefficient (Wildman–Crippen LogP) is 5.02. The second-order valence-electron chi connectivity index (χ2n) is 8.77. The molecule has 168 valence electrons. The van der Waals surface area contributed by atoms with Crippen LogP contribution in [0.4, 0.5) is 11.5 Å². The van der Waals surface area contributed by atoms with Crippen LogP contribution >= 0.6 is 0 Å². The molecule has 2 aromatic carbocycles. The van der Waals surface area contributed by atoms with E-state index in [1.54, 1.807) is 14.2 Å². The molecule has 6 nitrogen and oxygen atoms in total.